The quantitative estimate of drug-likeness (QED) is 0.384. The van der Waals surface area contributed by atoms with Gasteiger partial charge in [-0.3, -0.25) is 10.1 Å². The van der Waals surface area contributed by atoms with Crippen molar-refractivity contribution in [2.75, 3.05) is 13.1 Å². The predicted molar refractivity (Wildman–Crippen MR) is 102 cm³/mol. The Morgan fingerprint density at radius 2 is 2.20 bits per heavy atom. The number of aromatic nitrogens is 1. The summed E-state index contributed by atoms with van der Waals surface area (Å²) in [6.07, 6.45) is 4.21. The number of thiocarbonyl (C=S) groups is 1. The Kier molecular flexibility index (Phi) is 5.33. The average Bonchev–Trinajstić information content (AvgIpc) is 3.09. The maximum atomic E-state index is 11.2. The van der Waals surface area contributed by atoms with E-state index in [1.54, 1.807) is 12.1 Å². The summed E-state index contributed by atoms with van der Waals surface area (Å²) in [7, 11) is 0. The first-order valence-electron chi connectivity index (χ1n) is 8.55. The summed E-state index contributed by atoms with van der Waals surface area (Å²) in [5, 5.41) is 15.2. The standard InChI is InChI=1S/C18H22N4O2S/c1-2-3-9-19-18(25)21-12-11-20-10-5-8-16(20)17(21)14-6-4-7-15(13-14)22(23)24/h4-8,10,13,17H,2-3,9,11-12H2,1H3,(H,19,25)/t17-/m0/s1. The Labute approximate surface area is 152 Å². The molecule has 1 aliphatic rings. The van der Waals surface area contributed by atoms with Crippen LogP contribution in [0.15, 0.2) is 42.6 Å². The van der Waals surface area contributed by atoms with Crippen molar-refractivity contribution in [3.8, 4) is 0 Å². The first kappa shape index (κ1) is 17.4. The van der Waals surface area contributed by atoms with Crippen LogP contribution in [0.4, 0.5) is 5.69 Å². The Morgan fingerprint density at radius 1 is 1.36 bits per heavy atom. The lowest BCUT2D eigenvalue weighted by molar-refractivity contribution is -0.384. The number of benzene rings is 1. The van der Waals surface area contributed by atoms with Gasteiger partial charge in [0.15, 0.2) is 5.11 Å². The van der Waals surface area contributed by atoms with Crippen molar-refractivity contribution in [2.45, 2.75) is 32.4 Å². The number of hydrogen-bond donors (Lipinski definition) is 1. The molecule has 0 saturated heterocycles. The van der Waals surface area contributed by atoms with Crippen LogP contribution < -0.4 is 5.32 Å². The fourth-order valence-corrected chi connectivity index (χ4v) is 3.53. The van der Waals surface area contributed by atoms with Crippen LogP contribution in [0.25, 0.3) is 0 Å². The third-order valence-electron chi connectivity index (χ3n) is 4.50. The summed E-state index contributed by atoms with van der Waals surface area (Å²) in [6.45, 7) is 4.61. The van der Waals surface area contributed by atoms with Crippen LogP contribution in [0, 0.1) is 10.1 Å². The summed E-state index contributed by atoms with van der Waals surface area (Å²) < 4.78 is 2.19. The third kappa shape index (κ3) is 3.66. The molecule has 1 N–H and O–H groups in total. The van der Waals surface area contributed by atoms with Crippen LogP contribution in [0.5, 0.6) is 0 Å². The highest BCUT2D eigenvalue weighted by molar-refractivity contribution is 7.80. The highest BCUT2D eigenvalue weighted by atomic mass is 32.1. The van der Waals surface area contributed by atoms with Gasteiger partial charge >= 0.3 is 0 Å². The van der Waals surface area contributed by atoms with Gasteiger partial charge in [0.2, 0.25) is 0 Å². The second-order valence-corrected chi connectivity index (χ2v) is 6.55. The number of nitrogens with zero attached hydrogens (tertiary/aromatic N) is 3. The second kappa shape index (κ2) is 7.65. The smallest absolute Gasteiger partial charge is 0.269 e. The summed E-state index contributed by atoms with van der Waals surface area (Å²) in [6, 6.07) is 10.8. The first-order valence-corrected chi connectivity index (χ1v) is 8.96. The molecule has 0 spiro atoms. The molecule has 0 aliphatic carbocycles. The van der Waals surface area contributed by atoms with Gasteiger partial charge in [-0.15, -0.1) is 0 Å². The molecule has 6 nitrogen and oxygen atoms in total. The Morgan fingerprint density at radius 3 is 2.96 bits per heavy atom. The number of nitrogens with one attached hydrogen (secondary N) is 1. The maximum Gasteiger partial charge on any atom is 0.269 e. The molecule has 1 atom stereocenters. The van der Waals surface area contributed by atoms with Gasteiger partial charge in [-0.2, -0.15) is 0 Å². The molecule has 1 aromatic heterocycles. The fourth-order valence-electron chi connectivity index (χ4n) is 3.23. The number of nitro benzene ring substituents is 1. The molecule has 0 fully saturated rings. The van der Waals surface area contributed by atoms with Crippen LogP contribution >= 0.6 is 12.2 Å². The highest BCUT2D eigenvalue weighted by Crippen LogP contribution is 2.33. The van der Waals surface area contributed by atoms with Gasteiger partial charge in [0, 0.05) is 43.7 Å². The van der Waals surface area contributed by atoms with Crippen LogP contribution in [0.3, 0.4) is 0 Å². The Balaban J connectivity index is 1.94. The number of fused-ring (bicyclic) bond motifs is 1. The molecule has 3 rings (SSSR count). The zero-order chi connectivity index (χ0) is 17.8. The van der Waals surface area contributed by atoms with E-state index in [1.165, 1.54) is 6.07 Å². The van der Waals surface area contributed by atoms with Crippen molar-refractivity contribution in [3.63, 3.8) is 0 Å². The van der Waals surface area contributed by atoms with Crippen LogP contribution in [0.2, 0.25) is 0 Å². The monoisotopic (exact) mass is 358 g/mol. The molecule has 0 unspecified atom stereocenters. The van der Waals surface area contributed by atoms with Crippen LogP contribution in [0.1, 0.15) is 37.1 Å². The summed E-state index contributed by atoms with van der Waals surface area (Å²) in [5.41, 5.74) is 2.09. The summed E-state index contributed by atoms with van der Waals surface area (Å²) in [4.78, 5) is 13.0. The lowest BCUT2D eigenvalue weighted by atomic mass is 10.00. The molecule has 2 aromatic rings. The molecule has 0 amide bonds. The third-order valence-corrected chi connectivity index (χ3v) is 4.88. The molecule has 1 aromatic carbocycles. The molecule has 7 heteroatoms. The molecule has 1 aliphatic heterocycles. The number of non-ortho nitro benzene ring substituents is 1. The van der Waals surface area contributed by atoms with Gasteiger partial charge in [0.25, 0.3) is 5.69 Å². The summed E-state index contributed by atoms with van der Waals surface area (Å²) >= 11 is 5.62. The molecule has 0 bridgehead atoms. The van der Waals surface area contributed by atoms with Gasteiger partial charge in [-0.25, -0.2) is 0 Å². The van der Waals surface area contributed by atoms with Crippen LogP contribution in [-0.4, -0.2) is 32.6 Å². The predicted octanol–water partition coefficient (Wildman–Crippen LogP) is 3.48. The Hall–Kier alpha value is -2.41. The average molecular weight is 358 g/mol. The largest absolute Gasteiger partial charge is 0.363 e. The van der Waals surface area contributed by atoms with E-state index in [1.807, 2.05) is 18.3 Å². The zero-order valence-corrected chi connectivity index (χ0v) is 15.0. The van der Waals surface area contributed by atoms with E-state index in [-0.39, 0.29) is 16.7 Å². The minimum Gasteiger partial charge on any atom is -0.363 e. The number of hydrogen-bond acceptors (Lipinski definition) is 3. The molecule has 25 heavy (non-hydrogen) atoms. The van der Waals surface area contributed by atoms with Crippen molar-refractivity contribution in [1.29, 1.82) is 0 Å². The molecular formula is C18H22N4O2S. The van der Waals surface area contributed by atoms with Crippen molar-refractivity contribution < 1.29 is 4.92 Å². The highest BCUT2D eigenvalue weighted by Gasteiger charge is 2.31. The minimum atomic E-state index is -0.354. The van der Waals surface area contributed by atoms with Crippen molar-refractivity contribution in [1.82, 2.24) is 14.8 Å². The SMILES string of the molecule is CCCCNC(=S)N1CCn2cccc2[C@@H]1c1cccc([N+](=O)[O-])c1. The topological polar surface area (TPSA) is 63.3 Å². The van der Waals surface area contributed by atoms with Crippen LogP contribution in [-0.2, 0) is 6.54 Å². The maximum absolute atomic E-state index is 11.2. The lowest BCUT2D eigenvalue weighted by Gasteiger charge is -2.39. The van der Waals surface area contributed by atoms with Crippen molar-refractivity contribution in [2.24, 2.45) is 0 Å². The second-order valence-electron chi connectivity index (χ2n) is 6.16. The first-order chi connectivity index (χ1) is 12.1. The number of unbranched alkanes of at least 4 members (excludes halogenated alkanes) is 1. The number of nitro groups is 1. The molecular weight excluding hydrogens is 336 g/mol. The molecule has 2 heterocycles. The van der Waals surface area contributed by atoms with Gasteiger partial charge < -0.3 is 14.8 Å². The van der Waals surface area contributed by atoms with Gasteiger partial charge in [0.05, 0.1) is 11.0 Å². The fraction of sp³-hybridized carbons (Fsp3) is 0.389. The summed E-state index contributed by atoms with van der Waals surface area (Å²) in [5.74, 6) is 0. The van der Waals surface area contributed by atoms with E-state index in [9.17, 15) is 10.1 Å². The van der Waals surface area contributed by atoms with E-state index in [0.29, 0.717) is 5.11 Å². The van der Waals surface area contributed by atoms with E-state index < -0.39 is 0 Å². The van der Waals surface area contributed by atoms with E-state index >= 15 is 0 Å². The normalized spacial score (nSPS) is 16.4. The van der Waals surface area contributed by atoms with E-state index in [2.05, 4.69) is 27.8 Å². The van der Waals surface area contributed by atoms with Gasteiger partial charge in [0.1, 0.15) is 0 Å². The number of rotatable bonds is 5. The van der Waals surface area contributed by atoms with Gasteiger partial charge in [-0.05, 0) is 36.3 Å². The van der Waals surface area contributed by atoms with E-state index in [4.69, 9.17) is 12.2 Å². The Bertz CT molecular complexity index is 774. The van der Waals surface area contributed by atoms with Gasteiger partial charge in [-0.1, -0.05) is 25.5 Å². The molecule has 0 radical (unpaired) electrons. The molecule has 132 valence electrons. The zero-order valence-electron chi connectivity index (χ0n) is 14.2. The lowest BCUT2D eigenvalue weighted by Crippen LogP contribution is -2.47. The van der Waals surface area contributed by atoms with E-state index in [0.717, 1.165) is 43.7 Å². The van der Waals surface area contributed by atoms with Crippen molar-refractivity contribution in [3.05, 3.63) is 64.0 Å². The minimum absolute atomic E-state index is 0.103. The van der Waals surface area contributed by atoms with Crippen molar-refractivity contribution >= 4 is 23.0 Å². The molecule has 0 saturated carbocycles.